The van der Waals surface area contributed by atoms with E-state index in [1.54, 1.807) is 0 Å². The zero-order chi connectivity index (χ0) is 8.39. The van der Waals surface area contributed by atoms with E-state index in [1.807, 2.05) is 0 Å². The number of thioether (sulfide) groups is 1. The van der Waals surface area contributed by atoms with Gasteiger partial charge in [-0.05, 0) is 19.2 Å². The van der Waals surface area contributed by atoms with E-state index >= 15 is 0 Å². The van der Waals surface area contributed by atoms with Gasteiger partial charge in [-0.3, -0.25) is 4.90 Å². The normalized spacial score (nSPS) is 34.2. The summed E-state index contributed by atoms with van der Waals surface area (Å²) < 4.78 is 0. The van der Waals surface area contributed by atoms with Crippen LogP contribution in [0.4, 0.5) is 0 Å². The topological polar surface area (TPSA) is 6.48 Å². The molecule has 0 aromatic carbocycles. The van der Waals surface area contributed by atoms with Gasteiger partial charge >= 0.3 is 0 Å². The summed E-state index contributed by atoms with van der Waals surface area (Å²) in [4.78, 5) is 5.11. The van der Waals surface area contributed by atoms with Gasteiger partial charge < -0.3 is 4.90 Å². The molecule has 70 valence electrons. The second-order valence-corrected chi connectivity index (χ2v) is 5.01. The Hall–Kier alpha value is 0.270. The third-order valence-electron chi connectivity index (χ3n) is 2.96. The second-order valence-electron chi connectivity index (χ2n) is 3.86. The van der Waals surface area contributed by atoms with Crippen molar-refractivity contribution in [3.05, 3.63) is 0 Å². The maximum atomic E-state index is 2.68. The van der Waals surface area contributed by atoms with Crippen LogP contribution < -0.4 is 0 Å². The van der Waals surface area contributed by atoms with Gasteiger partial charge in [0.05, 0.1) is 0 Å². The minimum atomic E-state index is 0.906. The predicted molar refractivity (Wildman–Crippen MR) is 54.8 cm³/mol. The SMILES string of the molecule is CN1CCN([C@H]2CCSC2)CC1. The van der Waals surface area contributed by atoms with E-state index in [-0.39, 0.29) is 0 Å². The van der Waals surface area contributed by atoms with E-state index in [4.69, 9.17) is 0 Å². The lowest BCUT2D eigenvalue weighted by Crippen LogP contribution is -2.49. The van der Waals surface area contributed by atoms with E-state index in [2.05, 4.69) is 28.6 Å². The zero-order valence-electron chi connectivity index (χ0n) is 7.83. The van der Waals surface area contributed by atoms with Gasteiger partial charge in [0.1, 0.15) is 0 Å². The van der Waals surface area contributed by atoms with Crippen LogP contribution in [0.2, 0.25) is 0 Å². The number of hydrogen-bond acceptors (Lipinski definition) is 3. The Bertz CT molecular complexity index is 137. The molecule has 2 heterocycles. The first-order valence-corrected chi connectivity index (χ1v) is 6.02. The van der Waals surface area contributed by atoms with Crippen LogP contribution in [-0.4, -0.2) is 60.6 Å². The standard InChI is InChI=1S/C9H18N2S/c1-10-3-5-11(6-4-10)9-2-7-12-8-9/h9H,2-8H2,1H3/t9-/m0/s1. The molecule has 1 atom stereocenters. The summed E-state index contributed by atoms with van der Waals surface area (Å²) in [6.07, 6.45) is 1.42. The summed E-state index contributed by atoms with van der Waals surface area (Å²) in [5, 5.41) is 0. The molecule has 2 nitrogen and oxygen atoms in total. The molecule has 12 heavy (non-hydrogen) atoms. The quantitative estimate of drug-likeness (QED) is 0.596. The summed E-state index contributed by atoms with van der Waals surface area (Å²) >= 11 is 2.12. The highest BCUT2D eigenvalue weighted by Gasteiger charge is 2.24. The van der Waals surface area contributed by atoms with Gasteiger partial charge in [-0.25, -0.2) is 0 Å². The van der Waals surface area contributed by atoms with Crippen LogP contribution in [0, 0.1) is 0 Å². The summed E-state index contributed by atoms with van der Waals surface area (Å²) in [6, 6.07) is 0.906. The lowest BCUT2D eigenvalue weighted by atomic mass is 10.2. The monoisotopic (exact) mass is 186 g/mol. The number of nitrogens with zero attached hydrogens (tertiary/aromatic N) is 2. The average molecular weight is 186 g/mol. The molecule has 2 saturated heterocycles. The molecule has 2 aliphatic heterocycles. The van der Waals surface area contributed by atoms with Crippen molar-refractivity contribution in [3.8, 4) is 0 Å². The molecule has 0 radical (unpaired) electrons. The second kappa shape index (κ2) is 3.99. The van der Waals surface area contributed by atoms with Gasteiger partial charge in [-0.1, -0.05) is 0 Å². The average Bonchev–Trinajstić information content (AvgIpc) is 2.58. The third kappa shape index (κ3) is 1.95. The van der Waals surface area contributed by atoms with Crippen molar-refractivity contribution in [2.45, 2.75) is 12.5 Å². The molecule has 0 aromatic heterocycles. The van der Waals surface area contributed by atoms with E-state index < -0.39 is 0 Å². The summed E-state index contributed by atoms with van der Waals surface area (Å²) in [5.74, 6) is 2.76. The highest BCUT2D eigenvalue weighted by molar-refractivity contribution is 7.99. The number of piperazine rings is 1. The molecular formula is C9H18N2S. The molecule has 0 unspecified atom stereocenters. The van der Waals surface area contributed by atoms with Crippen molar-refractivity contribution in [1.29, 1.82) is 0 Å². The molecular weight excluding hydrogens is 168 g/mol. The fourth-order valence-electron chi connectivity index (χ4n) is 2.00. The van der Waals surface area contributed by atoms with Crippen LogP contribution in [0.25, 0.3) is 0 Å². The van der Waals surface area contributed by atoms with E-state index in [9.17, 15) is 0 Å². The number of likely N-dealkylation sites (N-methyl/N-ethyl adjacent to an activating group) is 1. The molecule has 2 rings (SSSR count). The molecule has 0 bridgehead atoms. The fraction of sp³-hybridized carbons (Fsp3) is 1.00. The largest absolute Gasteiger partial charge is 0.304 e. The molecule has 0 N–H and O–H groups in total. The Kier molecular flexibility index (Phi) is 2.94. The van der Waals surface area contributed by atoms with E-state index in [1.165, 1.54) is 44.1 Å². The summed E-state index contributed by atoms with van der Waals surface area (Å²) in [7, 11) is 2.22. The van der Waals surface area contributed by atoms with Crippen LogP contribution in [-0.2, 0) is 0 Å². The lowest BCUT2D eigenvalue weighted by Gasteiger charge is -2.36. The zero-order valence-corrected chi connectivity index (χ0v) is 8.65. The molecule has 0 aliphatic carbocycles. The Morgan fingerprint density at radius 2 is 1.92 bits per heavy atom. The van der Waals surface area contributed by atoms with Gasteiger partial charge in [-0.15, -0.1) is 0 Å². The molecule has 2 aliphatic rings. The van der Waals surface area contributed by atoms with Crippen molar-refractivity contribution in [1.82, 2.24) is 9.80 Å². The van der Waals surface area contributed by atoms with Crippen molar-refractivity contribution >= 4 is 11.8 Å². The lowest BCUT2D eigenvalue weighted by molar-refractivity contribution is 0.121. The maximum Gasteiger partial charge on any atom is 0.0195 e. The van der Waals surface area contributed by atoms with Gasteiger partial charge in [0.15, 0.2) is 0 Å². The first-order chi connectivity index (χ1) is 5.86. The van der Waals surface area contributed by atoms with Gasteiger partial charge in [0.25, 0.3) is 0 Å². The molecule has 3 heteroatoms. The summed E-state index contributed by atoms with van der Waals surface area (Å²) in [6.45, 7) is 5.12. The van der Waals surface area contributed by atoms with E-state index in [0.717, 1.165) is 6.04 Å². The van der Waals surface area contributed by atoms with Crippen LogP contribution in [0.1, 0.15) is 6.42 Å². The van der Waals surface area contributed by atoms with Gasteiger partial charge in [0.2, 0.25) is 0 Å². The maximum absolute atomic E-state index is 2.68. The first kappa shape index (κ1) is 8.85. The Morgan fingerprint density at radius 3 is 2.50 bits per heavy atom. The predicted octanol–water partition coefficient (Wildman–Crippen LogP) is 0.739. The highest BCUT2D eigenvalue weighted by atomic mass is 32.2. The molecule has 2 fully saturated rings. The smallest absolute Gasteiger partial charge is 0.0195 e. The van der Waals surface area contributed by atoms with Crippen molar-refractivity contribution in [2.24, 2.45) is 0 Å². The van der Waals surface area contributed by atoms with Gasteiger partial charge in [-0.2, -0.15) is 11.8 Å². The van der Waals surface area contributed by atoms with E-state index in [0.29, 0.717) is 0 Å². The van der Waals surface area contributed by atoms with Crippen molar-refractivity contribution in [3.63, 3.8) is 0 Å². The molecule has 0 aromatic rings. The van der Waals surface area contributed by atoms with Crippen molar-refractivity contribution < 1.29 is 0 Å². The Morgan fingerprint density at radius 1 is 1.17 bits per heavy atom. The van der Waals surface area contributed by atoms with Crippen LogP contribution >= 0.6 is 11.8 Å². The number of rotatable bonds is 1. The van der Waals surface area contributed by atoms with Crippen molar-refractivity contribution in [2.75, 3.05) is 44.7 Å². The van der Waals surface area contributed by atoms with Crippen LogP contribution in [0.15, 0.2) is 0 Å². The first-order valence-electron chi connectivity index (χ1n) is 4.86. The molecule has 0 spiro atoms. The van der Waals surface area contributed by atoms with Gasteiger partial charge in [0, 0.05) is 38.0 Å². The number of hydrogen-bond donors (Lipinski definition) is 0. The third-order valence-corrected chi connectivity index (χ3v) is 4.10. The Balaban J connectivity index is 1.80. The minimum Gasteiger partial charge on any atom is -0.304 e. The molecule has 0 saturated carbocycles. The molecule has 0 amide bonds. The fourth-order valence-corrected chi connectivity index (χ4v) is 3.25. The Labute approximate surface area is 79.3 Å². The highest BCUT2D eigenvalue weighted by Crippen LogP contribution is 2.22. The minimum absolute atomic E-state index is 0.906. The summed E-state index contributed by atoms with van der Waals surface area (Å²) in [5.41, 5.74) is 0. The van der Waals surface area contributed by atoms with Crippen LogP contribution in [0.3, 0.4) is 0 Å². The van der Waals surface area contributed by atoms with Crippen LogP contribution in [0.5, 0.6) is 0 Å².